The maximum Gasteiger partial charge on any atom is 0.417 e. The van der Waals surface area contributed by atoms with Gasteiger partial charge < -0.3 is 19.4 Å². The van der Waals surface area contributed by atoms with Crippen molar-refractivity contribution in [3.8, 4) is 11.1 Å². The number of anilines is 2. The van der Waals surface area contributed by atoms with E-state index in [0.717, 1.165) is 34.5 Å². The van der Waals surface area contributed by atoms with Crippen molar-refractivity contribution in [3.05, 3.63) is 81.8 Å². The number of fused-ring (bicyclic) bond motifs is 1. The van der Waals surface area contributed by atoms with E-state index in [0.29, 0.717) is 43.1 Å². The van der Waals surface area contributed by atoms with Crippen LogP contribution in [-0.4, -0.2) is 37.2 Å². The Balaban J connectivity index is 1.50. The van der Waals surface area contributed by atoms with Gasteiger partial charge in [-0.2, -0.15) is 13.2 Å². The Labute approximate surface area is 203 Å². The lowest BCUT2D eigenvalue weighted by atomic mass is 9.97. The number of oxazole rings is 1. The highest BCUT2D eigenvalue weighted by atomic mass is 19.4. The van der Waals surface area contributed by atoms with Gasteiger partial charge in [-0.1, -0.05) is 18.2 Å². The molecule has 0 atom stereocenters. The lowest BCUT2D eigenvalue weighted by Crippen LogP contribution is -2.36. The maximum absolute atomic E-state index is 13.0. The summed E-state index contributed by atoms with van der Waals surface area (Å²) in [4.78, 5) is 29.6. The lowest BCUT2D eigenvalue weighted by molar-refractivity contribution is -0.137. The van der Waals surface area contributed by atoms with E-state index in [1.54, 1.807) is 18.2 Å². The van der Waals surface area contributed by atoms with Crippen molar-refractivity contribution >= 4 is 28.4 Å². The van der Waals surface area contributed by atoms with Crippen LogP contribution in [0.1, 0.15) is 21.5 Å². The van der Waals surface area contributed by atoms with Gasteiger partial charge in [-0.15, -0.1) is 0 Å². The Kier molecular flexibility index (Phi) is 6.05. The molecule has 4 aromatic rings. The summed E-state index contributed by atoms with van der Waals surface area (Å²) >= 11 is 0. The largest absolute Gasteiger partial charge is 0.417 e. The second-order valence-electron chi connectivity index (χ2n) is 8.50. The number of nitrogens with zero attached hydrogens (tertiary/aromatic N) is 1. The molecule has 5 rings (SSSR count). The number of benzene rings is 3. The van der Waals surface area contributed by atoms with Gasteiger partial charge in [0.2, 0.25) is 0 Å². The summed E-state index contributed by atoms with van der Waals surface area (Å²) in [6.45, 7) is 4.24. The number of rotatable bonds is 4. The van der Waals surface area contributed by atoms with Crippen LogP contribution in [0.5, 0.6) is 0 Å². The van der Waals surface area contributed by atoms with Crippen LogP contribution in [0.4, 0.5) is 24.5 Å². The number of hydrogen-bond donors (Lipinski definition) is 2. The van der Waals surface area contributed by atoms with Crippen molar-refractivity contribution in [2.75, 3.05) is 36.5 Å². The van der Waals surface area contributed by atoms with Crippen molar-refractivity contribution < 1.29 is 27.1 Å². The molecule has 1 amide bonds. The summed E-state index contributed by atoms with van der Waals surface area (Å²) in [6, 6.07) is 13.2. The number of morpholine rings is 1. The zero-order valence-electron chi connectivity index (χ0n) is 19.2. The van der Waals surface area contributed by atoms with E-state index in [1.807, 2.05) is 19.1 Å². The van der Waals surface area contributed by atoms with Crippen molar-refractivity contribution in [2.24, 2.45) is 0 Å². The number of amides is 1. The number of alkyl halides is 3. The summed E-state index contributed by atoms with van der Waals surface area (Å²) in [5.41, 5.74) is 3.59. The molecular weight excluding hydrogens is 475 g/mol. The van der Waals surface area contributed by atoms with Crippen LogP contribution < -0.4 is 16.0 Å². The van der Waals surface area contributed by atoms with E-state index in [9.17, 15) is 22.8 Å². The van der Waals surface area contributed by atoms with Gasteiger partial charge in [-0.3, -0.25) is 9.78 Å². The predicted octanol–water partition coefficient (Wildman–Crippen LogP) is 5.20. The standard InChI is InChI=1S/C26H22F3N3O4/c1-15-20(14-21(32-8-10-35-11-9-32)23-22(15)31-25(34)36-23)16-4-3-7-19(13-16)30-24(33)17-5-2-6-18(12-17)26(27,28)29/h2-7,12-14H,8-11H2,1H3,(H,30,33)(H,31,34). The molecule has 1 aliphatic heterocycles. The van der Waals surface area contributed by atoms with Crippen LogP contribution in [-0.2, 0) is 10.9 Å². The lowest BCUT2D eigenvalue weighted by Gasteiger charge is -2.29. The van der Waals surface area contributed by atoms with Crippen molar-refractivity contribution in [3.63, 3.8) is 0 Å². The first kappa shape index (κ1) is 23.7. The van der Waals surface area contributed by atoms with E-state index < -0.39 is 23.4 Å². The van der Waals surface area contributed by atoms with Crippen molar-refractivity contribution in [1.82, 2.24) is 4.98 Å². The summed E-state index contributed by atoms with van der Waals surface area (Å²) in [5.74, 6) is -1.21. The Morgan fingerprint density at radius 1 is 1.06 bits per heavy atom. The SMILES string of the molecule is Cc1c(-c2cccc(NC(=O)c3cccc(C(F)(F)F)c3)c2)cc(N2CCOCC2)c2oc(=O)[nH]c12. The Morgan fingerprint density at radius 3 is 2.56 bits per heavy atom. The minimum absolute atomic E-state index is 0.0987. The number of carbonyl (C=O) groups excluding carboxylic acids is 1. The van der Waals surface area contributed by atoms with Gasteiger partial charge in [0.25, 0.3) is 5.91 Å². The Hall–Kier alpha value is -4.05. The molecule has 10 heteroatoms. The highest BCUT2D eigenvalue weighted by Gasteiger charge is 2.31. The highest BCUT2D eigenvalue weighted by Crippen LogP contribution is 2.37. The first-order chi connectivity index (χ1) is 17.2. The van der Waals surface area contributed by atoms with Crippen LogP contribution in [0.15, 0.2) is 63.8 Å². The summed E-state index contributed by atoms with van der Waals surface area (Å²) in [5, 5.41) is 2.68. The number of carbonyl (C=O) groups is 1. The third-order valence-corrected chi connectivity index (χ3v) is 6.18. The maximum atomic E-state index is 13.0. The zero-order chi connectivity index (χ0) is 25.4. The van der Waals surface area contributed by atoms with Gasteiger partial charge in [0.15, 0.2) is 5.58 Å². The first-order valence-corrected chi connectivity index (χ1v) is 11.3. The van der Waals surface area contributed by atoms with Crippen LogP contribution >= 0.6 is 0 Å². The fourth-order valence-corrected chi connectivity index (χ4v) is 4.36. The number of hydrogen-bond acceptors (Lipinski definition) is 5. The summed E-state index contributed by atoms with van der Waals surface area (Å²) < 4.78 is 50.0. The molecule has 3 aromatic carbocycles. The number of halogens is 3. The molecule has 0 aliphatic carbocycles. The Bertz CT molecular complexity index is 1500. The molecule has 1 aromatic heterocycles. The molecule has 1 saturated heterocycles. The predicted molar refractivity (Wildman–Crippen MR) is 129 cm³/mol. The molecule has 186 valence electrons. The first-order valence-electron chi connectivity index (χ1n) is 11.3. The molecule has 7 nitrogen and oxygen atoms in total. The summed E-state index contributed by atoms with van der Waals surface area (Å²) in [6.07, 6.45) is -4.54. The van der Waals surface area contributed by atoms with Gasteiger partial charge in [-0.05, 0) is 60.0 Å². The number of H-pyrrole nitrogens is 1. The van der Waals surface area contributed by atoms with Crippen LogP contribution in [0.3, 0.4) is 0 Å². The number of nitrogens with one attached hydrogen (secondary N) is 2. The quantitative estimate of drug-likeness (QED) is 0.405. The second-order valence-corrected chi connectivity index (χ2v) is 8.50. The fraction of sp³-hybridized carbons (Fsp3) is 0.231. The monoisotopic (exact) mass is 497 g/mol. The highest BCUT2D eigenvalue weighted by molar-refractivity contribution is 6.05. The third-order valence-electron chi connectivity index (χ3n) is 6.18. The van der Waals surface area contributed by atoms with Gasteiger partial charge >= 0.3 is 11.9 Å². The van der Waals surface area contributed by atoms with Crippen molar-refractivity contribution in [1.29, 1.82) is 0 Å². The van der Waals surface area contributed by atoms with E-state index in [-0.39, 0.29) is 5.56 Å². The van der Waals surface area contributed by atoms with E-state index in [1.165, 1.54) is 12.1 Å². The normalized spacial score (nSPS) is 14.3. The van der Waals surface area contributed by atoms with Gasteiger partial charge in [-0.25, -0.2) is 4.79 Å². The van der Waals surface area contributed by atoms with Crippen LogP contribution in [0, 0.1) is 6.92 Å². The smallest absolute Gasteiger partial charge is 0.406 e. The topological polar surface area (TPSA) is 87.6 Å². The molecule has 1 fully saturated rings. The molecule has 0 spiro atoms. The number of aromatic amines is 1. The second kappa shape index (κ2) is 9.19. The average molecular weight is 497 g/mol. The number of aryl methyl sites for hydroxylation is 1. The van der Waals surface area contributed by atoms with Crippen molar-refractivity contribution in [2.45, 2.75) is 13.1 Å². The molecule has 0 bridgehead atoms. The minimum Gasteiger partial charge on any atom is -0.406 e. The van der Waals surface area contributed by atoms with Gasteiger partial charge in [0.05, 0.1) is 30.0 Å². The molecule has 36 heavy (non-hydrogen) atoms. The van der Waals surface area contributed by atoms with Gasteiger partial charge in [0, 0.05) is 24.3 Å². The average Bonchev–Trinajstić information content (AvgIpc) is 3.26. The fourth-order valence-electron chi connectivity index (χ4n) is 4.36. The number of ether oxygens (including phenoxy) is 1. The molecular formula is C26H22F3N3O4. The molecule has 0 saturated carbocycles. The van der Waals surface area contributed by atoms with E-state index in [2.05, 4.69) is 15.2 Å². The Morgan fingerprint density at radius 2 is 1.81 bits per heavy atom. The minimum atomic E-state index is -4.54. The number of aromatic nitrogens is 1. The van der Waals surface area contributed by atoms with Crippen LogP contribution in [0.25, 0.3) is 22.2 Å². The van der Waals surface area contributed by atoms with Gasteiger partial charge in [0.1, 0.15) is 0 Å². The molecule has 0 radical (unpaired) electrons. The zero-order valence-corrected chi connectivity index (χ0v) is 19.2. The molecule has 2 N–H and O–H groups in total. The van der Waals surface area contributed by atoms with E-state index >= 15 is 0 Å². The van der Waals surface area contributed by atoms with Crippen LogP contribution in [0.2, 0.25) is 0 Å². The molecule has 0 unspecified atom stereocenters. The third kappa shape index (κ3) is 4.59. The van der Waals surface area contributed by atoms with E-state index in [4.69, 9.17) is 9.15 Å². The summed E-state index contributed by atoms with van der Waals surface area (Å²) in [7, 11) is 0. The molecule has 2 heterocycles. The molecule has 1 aliphatic rings.